The van der Waals surface area contributed by atoms with Gasteiger partial charge in [0, 0.05) is 31.2 Å². The van der Waals surface area contributed by atoms with Crippen LogP contribution in [0.25, 0.3) is 0 Å². The van der Waals surface area contributed by atoms with Crippen LogP contribution in [0.5, 0.6) is 0 Å². The van der Waals surface area contributed by atoms with Crippen LogP contribution < -0.4 is 5.32 Å². The minimum atomic E-state index is 0.0745. The SMILES string of the molecule is O=C(N[C@@H]1C[C@H]1c1ccccc1)N1CCC(n2ccnn2)CC1. The monoisotopic (exact) mass is 311 g/mol. The predicted octanol–water partition coefficient (Wildman–Crippen LogP) is 2.18. The Labute approximate surface area is 135 Å². The third-order valence-electron chi connectivity index (χ3n) is 4.89. The van der Waals surface area contributed by atoms with E-state index >= 15 is 0 Å². The number of hydrogen-bond acceptors (Lipinski definition) is 3. The number of likely N-dealkylation sites (tertiary alicyclic amines) is 1. The fourth-order valence-electron chi connectivity index (χ4n) is 3.42. The van der Waals surface area contributed by atoms with E-state index in [4.69, 9.17) is 0 Å². The number of carbonyl (C=O) groups is 1. The second-order valence-corrected chi connectivity index (χ2v) is 6.41. The number of amides is 2. The van der Waals surface area contributed by atoms with Gasteiger partial charge in [-0.2, -0.15) is 0 Å². The van der Waals surface area contributed by atoms with Crippen LogP contribution in [0.1, 0.15) is 36.8 Å². The lowest BCUT2D eigenvalue weighted by atomic mass is 10.1. The van der Waals surface area contributed by atoms with Crippen LogP contribution in [0.2, 0.25) is 0 Å². The summed E-state index contributed by atoms with van der Waals surface area (Å²) in [6.07, 6.45) is 6.52. The summed E-state index contributed by atoms with van der Waals surface area (Å²) in [7, 11) is 0. The van der Waals surface area contributed by atoms with E-state index in [1.54, 1.807) is 6.20 Å². The quantitative estimate of drug-likeness (QED) is 0.945. The largest absolute Gasteiger partial charge is 0.335 e. The zero-order valence-corrected chi connectivity index (χ0v) is 13.0. The number of piperidine rings is 1. The molecule has 2 aromatic rings. The molecule has 1 aliphatic carbocycles. The number of nitrogens with one attached hydrogen (secondary N) is 1. The van der Waals surface area contributed by atoms with E-state index < -0.39 is 0 Å². The van der Waals surface area contributed by atoms with Crippen molar-refractivity contribution >= 4 is 6.03 Å². The van der Waals surface area contributed by atoms with E-state index in [-0.39, 0.29) is 12.1 Å². The van der Waals surface area contributed by atoms with Crippen molar-refractivity contribution in [1.82, 2.24) is 25.2 Å². The highest BCUT2D eigenvalue weighted by atomic mass is 16.2. The topological polar surface area (TPSA) is 63.1 Å². The van der Waals surface area contributed by atoms with Gasteiger partial charge in [-0.15, -0.1) is 5.10 Å². The van der Waals surface area contributed by atoms with Crippen molar-refractivity contribution in [1.29, 1.82) is 0 Å². The number of carbonyl (C=O) groups excluding carboxylic acids is 1. The minimum Gasteiger partial charge on any atom is -0.335 e. The van der Waals surface area contributed by atoms with Crippen molar-refractivity contribution in [2.45, 2.75) is 37.3 Å². The molecular weight excluding hydrogens is 290 g/mol. The number of hydrogen-bond donors (Lipinski definition) is 1. The molecule has 2 amide bonds. The predicted molar refractivity (Wildman–Crippen MR) is 86.0 cm³/mol. The van der Waals surface area contributed by atoms with Gasteiger partial charge >= 0.3 is 6.03 Å². The van der Waals surface area contributed by atoms with Crippen LogP contribution in [0.4, 0.5) is 4.79 Å². The molecular formula is C17H21N5O. The van der Waals surface area contributed by atoms with Crippen molar-refractivity contribution in [3.05, 3.63) is 48.3 Å². The third-order valence-corrected chi connectivity index (χ3v) is 4.89. The average molecular weight is 311 g/mol. The Bertz CT molecular complexity index is 649. The molecule has 23 heavy (non-hydrogen) atoms. The van der Waals surface area contributed by atoms with Gasteiger partial charge in [0.1, 0.15) is 0 Å². The third kappa shape index (κ3) is 3.06. The lowest BCUT2D eigenvalue weighted by Crippen LogP contribution is -2.45. The van der Waals surface area contributed by atoms with E-state index in [0.29, 0.717) is 12.0 Å². The lowest BCUT2D eigenvalue weighted by molar-refractivity contribution is 0.167. The molecule has 4 rings (SSSR count). The van der Waals surface area contributed by atoms with Crippen LogP contribution in [0, 0.1) is 0 Å². The van der Waals surface area contributed by atoms with Gasteiger partial charge in [0.2, 0.25) is 0 Å². The first-order valence-electron chi connectivity index (χ1n) is 8.27. The van der Waals surface area contributed by atoms with Gasteiger partial charge < -0.3 is 10.2 Å². The average Bonchev–Trinajstić information content (AvgIpc) is 3.15. The summed E-state index contributed by atoms with van der Waals surface area (Å²) < 4.78 is 1.90. The Hall–Kier alpha value is -2.37. The van der Waals surface area contributed by atoms with Crippen LogP contribution in [-0.4, -0.2) is 45.1 Å². The maximum absolute atomic E-state index is 12.4. The molecule has 0 radical (unpaired) electrons. The fraction of sp³-hybridized carbons (Fsp3) is 0.471. The molecule has 2 fully saturated rings. The zero-order valence-electron chi connectivity index (χ0n) is 13.0. The Morgan fingerprint density at radius 3 is 2.65 bits per heavy atom. The normalized spacial score (nSPS) is 24.4. The highest BCUT2D eigenvalue weighted by Crippen LogP contribution is 2.40. The van der Waals surface area contributed by atoms with Crippen molar-refractivity contribution in [2.24, 2.45) is 0 Å². The molecule has 120 valence electrons. The van der Waals surface area contributed by atoms with Gasteiger partial charge in [-0.3, -0.25) is 0 Å². The van der Waals surface area contributed by atoms with Gasteiger partial charge in [-0.05, 0) is 24.8 Å². The van der Waals surface area contributed by atoms with Gasteiger partial charge in [-0.1, -0.05) is 35.5 Å². The molecule has 6 heteroatoms. The zero-order chi connectivity index (χ0) is 15.6. The molecule has 2 heterocycles. The summed E-state index contributed by atoms with van der Waals surface area (Å²) in [5.74, 6) is 0.479. The van der Waals surface area contributed by atoms with E-state index in [9.17, 15) is 4.79 Å². The van der Waals surface area contributed by atoms with Crippen LogP contribution in [0.3, 0.4) is 0 Å². The first kappa shape index (κ1) is 14.2. The first-order valence-corrected chi connectivity index (χ1v) is 8.27. The Morgan fingerprint density at radius 1 is 1.17 bits per heavy atom. The van der Waals surface area contributed by atoms with E-state index in [2.05, 4.69) is 39.9 Å². The molecule has 1 aliphatic heterocycles. The second kappa shape index (κ2) is 6.02. The minimum absolute atomic E-state index is 0.0745. The number of nitrogens with zero attached hydrogens (tertiary/aromatic N) is 4. The van der Waals surface area contributed by atoms with Gasteiger partial charge in [0.25, 0.3) is 0 Å². The lowest BCUT2D eigenvalue weighted by Gasteiger charge is -2.31. The molecule has 2 atom stereocenters. The molecule has 0 spiro atoms. The maximum atomic E-state index is 12.4. The standard InChI is InChI=1S/C17H21N5O/c23-17(19-16-12-15(16)13-4-2-1-3-5-13)21-9-6-14(7-10-21)22-11-8-18-20-22/h1-5,8,11,14-16H,6-7,9-10,12H2,(H,19,23)/t15-,16+/m0/s1. The first-order chi connectivity index (χ1) is 11.3. The summed E-state index contributed by atoms with van der Waals surface area (Å²) in [6, 6.07) is 11.1. The summed E-state index contributed by atoms with van der Waals surface area (Å²) in [6.45, 7) is 1.55. The molecule has 6 nitrogen and oxygen atoms in total. The molecule has 0 unspecified atom stereocenters. The van der Waals surface area contributed by atoms with E-state index in [1.807, 2.05) is 21.8 Å². The van der Waals surface area contributed by atoms with Gasteiger partial charge in [-0.25, -0.2) is 9.48 Å². The summed E-state index contributed by atoms with van der Waals surface area (Å²) in [4.78, 5) is 14.3. The Kier molecular flexibility index (Phi) is 3.73. The highest BCUT2D eigenvalue weighted by Gasteiger charge is 2.40. The van der Waals surface area contributed by atoms with E-state index in [1.165, 1.54) is 5.56 Å². The number of aromatic nitrogens is 3. The number of benzene rings is 1. The molecule has 1 saturated heterocycles. The van der Waals surface area contributed by atoms with Crippen molar-refractivity contribution in [3.63, 3.8) is 0 Å². The smallest absolute Gasteiger partial charge is 0.317 e. The number of urea groups is 1. The van der Waals surface area contributed by atoms with Gasteiger partial charge in [0.15, 0.2) is 0 Å². The number of rotatable bonds is 3. The van der Waals surface area contributed by atoms with Crippen LogP contribution >= 0.6 is 0 Å². The van der Waals surface area contributed by atoms with E-state index in [0.717, 1.165) is 32.4 Å². The van der Waals surface area contributed by atoms with Crippen molar-refractivity contribution in [2.75, 3.05) is 13.1 Å². The summed E-state index contributed by atoms with van der Waals surface area (Å²) in [5.41, 5.74) is 1.32. The Morgan fingerprint density at radius 2 is 1.96 bits per heavy atom. The highest BCUT2D eigenvalue weighted by molar-refractivity contribution is 5.75. The molecule has 0 bridgehead atoms. The molecule has 1 saturated carbocycles. The van der Waals surface area contributed by atoms with Crippen LogP contribution in [-0.2, 0) is 0 Å². The fourth-order valence-corrected chi connectivity index (χ4v) is 3.42. The molecule has 2 aliphatic rings. The summed E-state index contributed by atoms with van der Waals surface area (Å²) in [5, 5.41) is 11.1. The van der Waals surface area contributed by atoms with Gasteiger partial charge in [0.05, 0.1) is 12.2 Å². The van der Waals surface area contributed by atoms with Crippen molar-refractivity contribution < 1.29 is 4.79 Å². The molecule has 1 N–H and O–H groups in total. The van der Waals surface area contributed by atoms with Crippen LogP contribution in [0.15, 0.2) is 42.7 Å². The maximum Gasteiger partial charge on any atom is 0.317 e. The Balaban J connectivity index is 1.27. The molecule has 1 aromatic carbocycles. The molecule has 1 aromatic heterocycles. The second-order valence-electron chi connectivity index (χ2n) is 6.41. The van der Waals surface area contributed by atoms with Crippen molar-refractivity contribution in [3.8, 4) is 0 Å². The summed E-state index contributed by atoms with van der Waals surface area (Å²) >= 11 is 0.